The summed E-state index contributed by atoms with van der Waals surface area (Å²) in [5, 5.41) is 3.16. The van der Waals surface area contributed by atoms with Crippen LogP contribution in [0.3, 0.4) is 0 Å². The molecule has 6 heteroatoms. The summed E-state index contributed by atoms with van der Waals surface area (Å²) in [5.41, 5.74) is 2.16. The van der Waals surface area contributed by atoms with E-state index in [0.29, 0.717) is 24.6 Å². The molecule has 1 heterocycles. The smallest absolute Gasteiger partial charge is 0.278 e. The number of nitrogens with one attached hydrogen (secondary N) is 1. The number of halogens is 1. The first-order valence-corrected chi connectivity index (χ1v) is 8.84. The fraction of sp³-hybridized carbons (Fsp3) is 0.190. The number of para-hydroxylation sites is 1. The molecule has 27 heavy (non-hydrogen) atoms. The van der Waals surface area contributed by atoms with Gasteiger partial charge in [0.05, 0.1) is 12.4 Å². The van der Waals surface area contributed by atoms with E-state index in [1.165, 1.54) is 18.3 Å². The topological polar surface area (TPSA) is 58.1 Å². The molecule has 1 aromatic heterocycles. The summed E-state index contributed by atoms with van der Waals surface area (Å²) in [5.74, 6) is 0.167. The molecule has 0 bridgehead atoms. The van der Waals surface area contributed by atoms with Crippen molar-refractivity contribution in [2.24, 2.45) is 0 Å². The van der Waals surface area contributed by atoms with Crippen LogP contribution in [0.4, 0.5) is 15.9 Å². The van der Waals surface area contributed by atoms with Crippen molar-refractivity contribution < 1.29 is 9.18 Å². The lowest BCUT2D eigenvalue weighted by atomic mass is 10.1. The predicted molar refractivity (Wildman–Crippen MR) is 104 cm³/mol. The maximum absolute atomic E-state index is 12.9. The largest absolute Gasteiger partial charge is 0.368 e. The Morgan fingerprint density at radius 2 is 1.78 bits per heavy atom. The Bertz CT molecular complexity index is 867. The quantitative estimate of drug-likeness (QED) is 0.690. The summed E-state index contributed by atoms with van der Waals surface area (Å²) in [4.78, 5) is 22.9. The summed E-state index contributed by atoms with van der Waals surface area (Å²) in [6.07, 6.45) is 3.77. The Morgan fingerprint density at radius 1 is 1.04 bits per heavy atom. The van der Waals surface area contributed by atoms with Gasteiger partial charge in [0.1, 0.15) is 17.3 Å². The van der Waals surface area contributed by atoms with E-state index in [-0.39, 0.29) is 11.7 Å². The molecule has 1 amide bonds. The Labute approximate surface area is 157 Å². The number of benzene rings is 2. The molecule has 0 spiro atoms. The molecule has 0 aliphatic carbocycles. The van der Waals surface area contributed by atoms with E-state index in [0.717, 1.165) is 17.7 Å². The van der Waals surface area contributed by atoms with Crippen LogP contribution in [0.15, 0.2) is 67.0 Å². The number of rotatable bonds is 7. The van der Waals surface area contributed by atoms with Gasteiger partial charge in [-0.25, -0.2) is 14.4 Å². The third-order valence-corrected chi connectivity index (χ3v) is 4.13. The summed E-state index contributed by atoms with van der Waals surface area (Å²) in [7, 11) is 0. The average Bonchev–Trinajstić information content (AvgIpc) is 2.71. The zero-order valence-electron chi connectivity index (χ0n) is 15.1. The van der Waals surface area contributed by atoms with Gasteiger partial charge >= 0.3 is 0 Å². The van der Waals surface area contributed by atoms with Crippen molar-refractivity contribution in [1.82, 2.24) is 9.97 Å². The number of nitrogens with zero attached hydrogens (tertiary/aromatic N) is 3. The lowest BCUT2D eigenvalue weighted by Gasteiger charge is -2.20. The summed E-state index contributed by atoms with van der Waals surface area (Å²) >= 11 is 0. The highest BCUT2D eigenvalue weighted by Crippen LogP contribution is 2.16. The minimum absolute atomic E-state index is 0.186. The van der Waals surface area contributed by atoms with E-state index >= 15 is 0 Å². The van der Waals surface area contributed by atoms with Crippen molar-refractivity contribution in [2.45, 2.75) is 13.3 Å². The molecule has 1 N–H and O–H groups in total. The molecule has 3 rings (SSSR count). The molecule has 0 radical (unpaired) electrons. The van der Waals surface area contributed by atoms with Crippen LogP contribution in [-0.4, -0.2) is 29.0 Å². The first-order chi connectivity index (χ1) is 13.2. The van der Waals surface area contributed by atoms with Gasteiger partial charge in [-0.05, 0) is 43.2 Å². The Kier molecular flexibility index (Phi) is 6.10. The maximum Gasteiger partial charge on any atom is 0.278 e. The van der Waals surface area contributed by atoms with E-state index in [1.54, 1.807) is 23.2 Å². The molecular weight excluding hydrogens is 343 g/mol. The second kappa shape index (κ2) is 8.89. The zero-order chi connectivity index (χ0) is 19.1. The number of carbonyl (C=O) groups excluding carboxylic acids is 1. The molecule has 0 aliphatic rings. The van der Waals surface area contributed by atoms with Gasteiger partial charge in [0.15, 0.2) is 0 Å². The minimum atomic E-state index is -0.241. The first-order valence-electron chi connectivity index (χ1n) is 8.84. The molecular formula is C21H21FN4O. The number of amides is 1. The van der Waals surface area contributed by atoms with Gasteiger partial charge in [-0.15, -0.1) is 0 Å². The molecule has 0 fully saturated rings. The van der Waals surface area contributed by atoms with Gasteiger partial charge in [0.25, 0.3) is 5.91 Å². The third kappa shape index (κ3) is 4.88. The van der Waals surface area contributed by atoms with E-state index in [9.17, 15) is 9.18 Å². The molecule has 0 saturated carbocycles. The van der Waals surface area contributed by atoms with Crippen LogP contribution in [0, 0.1) is 5.82 Å². The van der Waals surface area contributed by atoms with Gasteiger partial charge in [-0.1, -0.05) is 30.3 Å². The number of hydrogen-bond donors (Lipinski definition) is 1. The van der Waals surface area contributed by atoms with Crippen molar-refractivity contribution in [3.63, 3.8) is 0 Å². The van der Waals surface area contributed by atoms with Crippen LogP contribution < -0.4 is 10.2 Å². The summed E-state index contributed by atoms with van der Waals surface area (Å²) in [6.45, 7) is 3.10. The van der Waals surface area contributed by atoms with E-state index in [2.05, 4.69) is 15.3 Å². The van der Waals surface area contributed by atoms with Crippen LogP contribution in [-0.2, 0) is 6.42 Å². The van der Waals surface area contributed by atoms with Gasteiger partial charge in [0, 0.05) is 18.8 Å². The van der Waals surface area contributed by atoms with Gasteiger partial charge in [0.2, 0.25) is 0 Å². The molecule has 3 aromatic rings. The number of anilines is 2. The molecule has 0 saturated heterocycles. The van der Waals surface area contributed by atoms with Crippen LogP contribution in [0.1, 0.15) is 23.0 Å². The van der Waals surface area contributed by atoms with Crippen molar-refractivity contribution in [1.29, 1.82) is 0 Å². The third-order valence-electron chi connectivity index (χ3n) is 4.13. The zero-order valence-corrected chi connectivity index (χ0v) is 15.1. The molecule has 0 atom stereocenters. The van der Waals surface area contributed by atoms with Gasteiger partial charge < -0.3 is 10.2 Å². The molecule has 2 aromatic carbocycles. The second-order valence-electron chi connectivity index (χ2n) is 5.98. The van der Waals surface area contributed by atoms with Crippen LogP contribution in [0.5, 0.6) is 0 Å². The Balaban J connectivity index is 1.59. The molecule has 138 valence electrons. The van der Waals surface area contributed by atoms with Crippen molar-refractivity contribution in [3.05, 3.63) is 84.1 Å². The average molecular weight is 364 g/mol. The van der Waals surface area contributed by atoms with Crippen LogP contribution >= 0.6 is 0 Å². The normalized spacial score (nSPS) is 10.4. The van der Waals surface area contributed by atoms with Crippen LogP contribution in [0.25, 0.3) is 0 Å². The Morgan fingerprint density at radius 3 is 2.41 bits per heavy atom. The lowest BCUT2D eigenvalue weighted by molar-refractivity contribution is 0.0983. The highest BCUT2D eigenvalue weighted by molar-refractivity contribution is 6.04. The SMILES string of the molecule is CCN(C(=O)c1cnc(NCCc2ccc(F)cc2)cn1)c1ccccc1. The molecule has 5 nitrogen and oxygen atoms in total. The predicted octanol–water partition coefficient (Wildman–Crippen LogP) is 3.94. The Hall–Kier alpha value is -3.28. The van der Waals surface area contributed by atoms with Gasteiger partial charge in [-0.3, -0.25) is 4.79 Å². The highest BCUT2D eigenvalue weighted by Gasteiger charge is 2.17. The van der Waals surface area contributed by atoms with Crippen molar-refractivity contribution in [3.8, 4) is 0 Å². The van der Waals surface area contributed by atoms with Crippen LogP contribution in [0.2, 0.25) is 0 Å². The van der Waals surface area contributed by atoms with Crippen molar-refractivity contribution in [2.75, 3.05) is 23.3 Å². The monoisotopic (exact) mass is 364 g/mol. The summed E-state index contributed by atoms with van der Waals surface area (Å²) in [6, 6.07) is 15.9. The molecule has 0 aliphatic heterocycles. The maximum atomic E-state index is 12.9. The fourth-order valence-corrected chi connectivity index (χ4v) is 2.71. The van der Waals surface area contributed by atoms with Crippen molar-refractivity contribution >= 4 is 17.4 Å². The standard InChI is InChI=1S/C21H21FN4O/c1-2-26(18-6-4-3-5-7-18)21(27)19-14-25-20(15-24-19)23-13-12-16-8-10-17(22)11-9-16/h3-11,14-15H,2,12-13H2,1H3,(H,23,25). The first kappa shape index (κ1) is 18.5. The van der Waals surface area contributed by atoms with E-state index in [4.69, 9.17) is 0 Å². The minimum Gasteiger partial charge on any atom is -0.368 e. The lowest BCUT2D eigenvalue weighted by Crippen LogP contribution is -2.31. The highest BCUT2D eigenvalue weighted by atomic mass is 19.1. The van der Waals surface area contributed by atoms with Gasteiger partial charge in [-0.2, -0.15) is 0 Å². The fourth-order valence-electron chi connectivity index (χ4n) is 2.71. The van der Waals surface area contributed by atoms with E-state index in [1.807, 2.05) is 37.3 Å². The second-order valence-corrected chi connectivity index (χ2v) is 5.98. The number of carbonyl (C=O) groups is 1. The number of aromatic nitrogens is 2. The number of hydrogen-bond acceptors (Lipinski definition) is 4. The summed E-state index contributed by atoms with van der Waals surface area (Å²) < 4.78 is 12.9. The molecule has 0 unspecified atom stereocenters. The van der Waals surface area contributed by atoms with E-state index < -0.39 is 0 Å².